The molecule has 1 saturated heterocycles. The first-order valence-corrected chi connectivity index (χ1v) is 7.78. The van der Waals surface area contributed by atoms with Gasteiger partial charge in [-0.2, -0.15) is 17.4 Å². The maximum Gasteiger partial charge on any atom is 0.280 e. The number of rotatable bonds is 5. The Kier molecular flexibility index (Phi) is 5.30. The summed E-state index contributed by atoms with van der Waals surface area (Å²) in [6.45, 7) is 5.14. The van der Waals surface area contributed by atoms with Crippen molar-refractivity contribution in [2.75, 3.05) is 13.1 Å². The number of hydrogen-bond donors (Lipinski definition) is 2. The van der Waals surface area contributed by atoms with Crippen molar-refractivity contribution in [1.29, 1.82) is 0 Å². The number of nitrogens with zero attached hydrogens (tertiary/aromatic N) is 1. The fourth-order valence-electron chi connectivity index (χ4n) is 1.82. The van der Waals surface area contributed by atoms with Crippen molar-refractivity contribution in [3.63, 3.8) is 0 Å². The highest BCUT2D eigenvalue weighted by molar-refractivity contribution is 7.87. The third-order valence-corrected chi connectivity index (χ3v) is 5.04. The molecule has 7 heteroatoms. The van der Waals surface area contributed by atoms with Crippen molar-refractivity contribution >= 4 is 27.4 Å². The Morgan fingerprint density at radius 3 is 2.47 bits per heavy atom. The Bertz CT molecular complexity index is 362. The number of nitrogens with two attached hydrogens (primary N) is 1. The summed E-state index contributed by atoms with van der Waals surface area (Å²) in [6.07, 6.45) is 2.38. The monoisotopic (exact) mass is 279 g/mol. The molecule has 0 aliphatic carbocycles. The lowest BCUT2D eigenvalue weighted by molar-refractivity contribution is 0.284. The Hall–Kier alpha value is -0.240. The van der Waals surface area contributed by atoms with E-state index in [1.165, 1.54) is 4.31 Å². The van der Waals surface area contributed by atoms with Gasteiger partial charge >= 0.3 is 0 Å². The Labute approximate surface area is 109 Å². The van der Waals surface area contributed by atoms with Gasteiger partial charge in [-0.15, -0.1) is 0 Å². The summed E-state index contributed by atoms with van der Waals surface area (Å²) in [7, 11) is -3.45. The van der Waals surface area contributed by atoms with Crippen molar-refractivity contribution < 1.29 is 8.42 Å². The van der Waals surface area contributed by atoms with Gasteiger partial charge in [0.1, 0.15) is 0 Å². The summed E-state index contributed by atoms with van der Waals surface area (Å²) in [5.74, 6) is 0.596. The highest BCUT2D eigenvalue weighted by Crippen LogP contribution is 2.18. The molecule has 100 valence electrons. The molecule has 5 nitrogen and oxygen atoms in total. The van der Waals surface area contributed by atoms with Crippen LogP contribution < -0.4 is 10.5 Å². The molecule has 0 radical (unpaired) electrons. The van der Waals surface area contributed by atoms with Gasteiger partial charge in [-0.1, -0.05) is 26.1 Å². The smallest absolute Gasteiger partial charge is 0.280 e. The first-order valence-electron chi connectivity index (χ1n) is 5.93. The quantitative estimate of drug-likeness (QED) is 0.723. The highest BCUT2D eigenvalue weighted by atomic mass is 32.2. The van der Waals surface area contributed by atoms with E-state index in [4.69, 9.17) is 18.0 Å². The predicted octanol–water partition coefficient (Wildman–Crippen LogP) is 0.617. The minimum Gasteiger partial charge on any atom is -0.392 e. The first kappa shape index (κ1) is 14.8. The lowest BCUT2D eigenvalue weighted by Crippen LogP contribution is -2.51. The van der Waals surface area contributed by atoms with Gasteiger partial charge in [-0.3, -0.25) is 0 Å². The standard InChI is InChI=1S/C10H21N3O2S2/c1-3-9(10(11)16)12-17(14,15)13-6-4-8(2)5-7-13/h8-9,12H,3-7H2,1-2H3,(H2,11,16). The van der Waals surface area contributed by atoms with E-state index in [1.807, 2.05) is 6.92 Å². The SMILES string of the molecule is CCC(NS(=O)(=O)N1CCC(C)CC1)C(N)=S. The van der Waals surface area contributed by atoms with Crippen molar-refractivity contribution in [3.05, 3.63) is 0 Å². The molecule has 1 heterocycles. The van der Waals surface area contributed by atoms with Crippen LogP contribution in [0, 0.1) is 5.92 Å². The van der Waals surface area contributed by atoms with E-state index in [2.05, 4.69) is 11.6 Å². The van der Waals surface area contributed by atoms with Crippen LogP contribution in [0.5, 0.6) is 0 Å². The normalized spacial score (nSPS) is 21.3. The molecule has 1 atom stereocenters. The van der Waals surface area contributed by atoms with Gasteiger partial charge in [-0.25, -0.2) is 0 Å². The van der Waals surface area contributed by atoms with Gasteiger partial charge in [-0.05, 0) is 25.2 Å². The molecule has 0 spiro atoms. The van der Waals surface area contributed by atoms with Gasteiger partial charge in [0, 0.05) is 13.1 Å². The van der Waals surface area contributed by atoms with Crippen LogP contribution in [-0.2, 0) is 10.2 Å². The third-order valence-electron chi connectivity index (χ3n) is 3.13. The molecular formula is C10H21N3O2S2. The van der Waals surface area contributed by atoms with E-state index >= 15 is 0 Å². The molecule has 1 aliphatic rings. The van der Waals surface area contributed by atoms with E-state index in [0.717, 1.165) is 12.8 Å². The highest BCUT2D eigenvalue weighted by Gasteiger charge is 2.28. The van der Waals surface area contributed by atoms with Crippen LogP contribution in [0.4, 0.5) is 0 Å². The number of hydrogen-bond acceptors (Lipinski definition) is 3. The van der Waals surface area contributed by atoms with Gasteiger partial charge < -0.3 is 5.73 Å². The van der Waals surface area contributed by atoms with Crippen LogP contribution in [0.1, 0.15) is 33.1 Å². The minimum atomic E-state index is -3.45. The van der Waals surface area contributed by atoms with Crippen molar-refractivity contribution in [2.24, 2.45) is 11.7 Å². The molecule has 1 rings (SSSR count). The largest absolute Gasteiger partial charge is 0.392 e. The lowest BCUT2D eigenvalue weighted by Gasteiger charge is -2.30. The van der Waals surface area contributed by atoms with E-state index in [0.29, 0.717) is 25.4 Å². The molecule has 0 aromatic carbocycles. The zero-order chi connectivity index (χ0) is 13.1. The Morgan fingerprint density at radius 2 is 2.06 bits per heavy atom. The summed E-state index contributed by atoms with van der Waals surface area (Å²) in [4.78, 5) is 0.196. The van der Waals surface area contributed by atoms with Gasteiger partial charge in [0.15, 0.2) is 0 Å². The summed E-state index contributed by atoms with van der Waals surface area (Å²) >= 11 is 4.84. The number of thiocarbonyl (C=S) groups is 1. The van der Waals surface area contributed by atoms with E-state index in [-0.39, 0.29) is 4.99 Å². The molecule has 0 aromatic rings. The first-order chi connectivity index (χ1) is 7.86. The summed E-state index contributed by atoms with van der Waals surface area (Å²) in [5.41, 5.74) is 5.49. The Morgan fingerprint density at radius 1 is 1.53 bits per heavy atom. The van der Waals surface area contributed by atoms with Crippen LogP contribution in [-0.4, -0.2) is 36.8 Å². The molecule has 0 bridgehead atoms. The van der Waals surface area contributed by atoms with E-state index in [9.17, 15) is 8.42 Å². The number of nitrogens with one attached hydrogen (secondary N) is 1. The summed E-state index contributed by atoms with van der Waals surface area (Å²) in [5, 5.41) is 0. The second kappa shape index (κ2) is 6.08. The molecule has 0 saturated carbocycles. The van der Waals surface area contributed by atoms with Gasteiger partial charge in [0.25, 0.3) is 10.2 Å². The van der Waals surface area contributed by atoms with Crippen molar-refractivity contribution in [3.8, 4) is 0 Å². The lowest BCUT2D eigenvalue weighted by atomic mass is 10.0. The fraction of sp³-hybridized carbons (Fsp3) is 0.900. The summed E-state index contributed by atoms with van der Waals surface area (Å²) < 4.78 is 28.2. The van der Waals surface area contributed by atoms with Crippen LogP contribution >= 0.6 is 12.2 Å². The maximum atomic E-state index is 12.1. The summed E-state index contributed by atoms with van der Waals surface area (Å²) in [6, 6.07) is -0.450. The topological polar surface area (TPSA) is 75.4 Å². The van der Waals surface area contributed by atoms with Crippen molar-refractivity contribution in [1.82, 2.24) is 9.03 Å². The second-order valence-corrected chi connectivity index (χ2v) is 6.74. The van der Waals surface area contributed by atoms with E-state index in [1.54, 1.807) is 0 Å². The zero-order valence-electron chi connectivity index (χ0n) is 10.3. The third kappa shape index (κ3) is 4.17. The van der Waals surface area contributed by atoms with Crippen LogP contribution in [0.2, 0.25) is 0 Å². The fourth-order valence-corrected chi connectivity index (χ4v) is 3.62. The molecule has 0 aromatic heterocycles. The van der Waals surface area contributed by atoms with Gasteiger partial charge in [0.2, 0.25) is 0 Å². The molecule has 1 fully saturated rings. The molecule has 1 aliphatic heterocycles. The Balaban J connectivity index is 2.65. The average molecular weight is 279 g/mol. The van der Waals surface area contributed by atoms with Crippen molar-refractivity contribution in [2.45, 2.75) is 39.2 Å². The molecule has 3 N–H and O–H groups in total. The van der Waals surface area contributed by atoms with E-state index < -0.39 is 16.3 Å². The average Bonchev–Trinajstić information content (AvgIpc) is 2.26. The zero-order valence-corrected chi connectivity index (χ0v) is 12.0. The van der Waals surface area contributed by atoms with Gasteiger partial charge in [0.05, 0.1) is 11.0 Å². The molecule has 1 unspecified atom stereocenters. The number of piperidine rings is 1. The molecule has 0 amide bonds. The maximum absolute atomic E-state index is 12.1. The van der Waals surface area contributed by atoms with Crippen LogP contribution in [0.15, 0.2) is 0 Å². The predicted molar refractivity (Wildman–Crippen MR) is 72.9 cm³/mol. The van der Waals surface area contributed by atoms with Crippen LogP contribution in [0.3, 0.4) is 0 Å². The molecule has 17 heavy (non-hydrogen) atoms. The van der Waals surface area contributed by atoms with Crippen LogP contribution in [0.25, 0.3) is 0 Å². The molecular weight excluding hydrogens is 258 g/mol. The second-order valence-electron chi connectivity index (χ2n) is 4.57. The minimum absolute atomic E-state index is 0.196.